The Morgan fingerprint density at radius 2 is 1.67 bits per heavy atom. The summed E-state index contributed by atoms with van der Waals surface area (Å²) in [6, 6.07) is 3.64. The molecule has 5 nitrogen and oxygen atoms in total. The first-order chi connectivity index (χ1) is 9.66. The molecule has 0 aliphatic heterocycles. The molecule has 1 rings (SSSR count). The lowest BCUT2D eigenvalue weighted by molar-refractivity contribution is -0.155. The van der Waals surface area contributed by atoms with Crippen molar-refractivity contribution in [2.45, 2.75) is 32.0 Å². The highest BCUT2D eigenvalue weighted by Gasteiger charge is 2.49. The minimum Gasteiger partial charge on any atom is -0.460 e. The van der Waals surface area contributed by atoms with Crippen molar-refractivity contribution in [2.75, 3.05) is 6.61 Å². The highest BCUT2D eigenvalue weighted by molar-refractivity contribution is 9.10. The monoisotopic (exact) mass is 355 g/mol. The summed E-state index contributed by atoms with van der Waals surface area (Å²) in [6.45, 7) is 7.03. The van der Waals surface area contributed by atoms with Crippen LogP contribution in [0.2, 0.25) is 0 Å². The van der Waals surface area contributed by atoms with Crippen LogP contribution in [-0.4, -0.2) is 24.3 Å². The number of aryl methyl sites for hydroxylation is 3. The van der Waals surface area contributed by atoms with E-state index in [2.05, 4.69) is 15.9 Å². The molecule has 0 unspecified atom stereocenters. The molecule has 0 saturated carbocycles. The summed E-state index contributed by atoms with van der Waals surface area (Å²) in [4.78, 5) is 36.0. The van der Waals surface area contributed by atoms with Crippen molar-refractivity contribution >= 4 is 33.6 Å². The number of ketones is 1. The van der Waals surface area contributed by atoms with Gasteiger partial charge in [-0.1, -0.05) is 33.6 Å². The van der Waals surface area contributed by atoms with Crippen molar-refractivity contribution in [3.8, 4) is 0 Å². The highest BCUT2D eigenvalue weighted by atomic mass is 79.9. The Bertz CT molecular complexity index is 589. The number of halogens is 1. The second-order valence-corrected chi connectivity index (χ2v) is 6.04. The molecule has 0 spiro atoms. The van der Waals surface area contributed by atoms with Gasteiger partial charge in [0.2, 0.25) is 5.91 Å². The van der Waals surface area contributed by atoms with Crippen LogP contribution in [0.15, 0.2) is 12.1 Å². The maximum Gasteiger partial charge on any atom is 0.377 e. The number of alkyl halides is 1. The molecule has 0 aromatic heterocycles. The van der Waals surface area contributed by atoms with Gasteiger partial charge in [-0.3, -0.25) is 9.59 Å². The van der Waals surface area contributed by atoms with Crippen LogP contribution in [0.25, 0.3) is 0 Å². The lowest BCUT2D eigenvalue weighted by Gasteiger charge is -2.26. The van der Waals surface area contributed by atoms with Gasteiger partial charge in [-0.25, -0.2) is 4.79 Å². The van der Waals surface area contributed by atoms with Crippen LogP contribution in [0.5, 0.6) is 0 Å². The molecule has 0 aliphatic carbocycles. The number of rotatable bonds is 5. The van der Waals surface area contributed by atoms with Gasteiger partial charge in [-0.15, -0.1) is 0 Å². The van der Waals surface area contributed by atoms with Gasteiger partial charge in [-0.2, -0.15) is 0 Å². The molecule has 0 aliphatic rings. The van der Waals surface area contributed by atoms with E-state index in [1.54, 1.807) is 20.8 Å². The molecule has 0 saturated heterocycles. The third kappa shape index (κ3) is 3.15. The Hall–Kier alpha value is -1.69. The first-order valence-corrected chi connectivity index (χ1v) is 7.24. The normalized spacial score (nSPS) is 13.4. The fourth-order valence-corrected chi connectivity index (χ4v) is 3.20. The molecule has 114 valence electrons. The number of hydrogen-bond acceptors (Lipinski definition) is 4. The van der Waals surface area contributed by atoms with Gasteiger partial charge < -0.3 is 10.5 Å². The number of esters is 1. The summed E-state index contributed by atoms with van der Waals surface area (Å²) in [5.41, 5.74) is 8.16. The average molecular weight is 356 g/mol. The van der Waals surface area contributed by atoms with Crippen LogP contribution >= 0.6 is 15.9 Å². The van der Waals surface area contributed by atoms with E-state index >= 15 is 0 Å². The van der Waals surface area contributed by atoms with Crippen LogP contribution < -0.4 is 5.73 Å². The van der Waals surface area contributed by atoms with Crippen molar-refractivity contribution in [1.82, 2.24) is 0 Å². The van der Waals surface area contributed by atoms with Gasteiger partial charge in [0.25, 0.3) is 5.78 Å². The van der Waals surface area contributed by atoms with E-state index in [1.165, 1.54) is 0 Å². The van der Waals surface area contributed by atoms with Crippen molar-refractivity contribution in [2.24, 2.45) is 5.73 Å². The van der Waals surface area contributed by atoms with E-state index in [-0.39, 0.29) is 6.61 Å². The number of ether oxygens (including phenoxy) is 1. The largest absolute Gasteiger partial charge is 0.460 e. The number of carbonyl (C=O) groups excluding carboxylic acids is 3. The lowest BCUT2D eigenvalue weighted by Crippen LogP contribution is -2.47. The van der Waals surface area contributed by atoms with Gasteiger partial charge in [0.05, 0.1) is 6.61 Å². The molecule has 0 radical (unpaired) electrons. The maximum absolute atomic E-state index is 12.4. The van der Waals surface area contributed by atoms with Crippen molar-refractivity contribution in [3.63, 3.8) is 0 Å². The predicted molar refractivity (Wildman–Crippen MR) is 82.1 cm³/mol. The zero-order chi connectivity index (χ0) is 16.4. The minimum atomic E-state index is -1.92. The third-order valence-corrected chi connectivity index (χ3v) is 4.28. The summed E-state index contributed by atoms with van der Waals surface area (Å²) in [7, 11) is 0. The Balaban J connectivity index is 3.53. The topological polar surface area (TPSA) is 86.5 Å². The lowest BCUT2D eigenvalue weighted by atomic mass is 9.86. The number of carbonyl (C=O) groups is 3. The summed E-state index contributed by atoms with van der Waals surface area (Å²) >= 11 is 3.10. The summed E-state index contributed by atoms with van der Waals surface area (Å²) < 4.78 is 2.78. The van der Waals surface area contributed by atoms with E-state index in [4.69, 9.17) is 10.5 Å². The number of amides is 1. The zero-order valence-corrected chi connectivity index (χ0v) is 14.0. The van der Waals surface area contributed by atoms with E-state index < -0.39 is 22.0 Å². The third-order valence-electron chi connectivity index (χ3n) is 3.13. The van der Waals surface area contributed by atoms with E-state index in [1.807, 2.05) is 19.1 Å². The number of primary amides is 1. The molecule has 0 fully saturated rings. The molecule has 2 N–H and O–H groups in total. The molecule has 0 bridgehead atoms. The molecule has 0 heterocycles. The van der Waals surface area contributed by atoms with E-state index in [0.717, 1.165) is 5.56 Å². The molecule has 1 amide bonds. The number of nitrogens with two attached hydrogens (primary N) is 1. The Kier molecular flexibility index (Phi) is 5.28. The fourth-order valence-electron chi connectivity index (χ4n) is 2.41. The smallest absolute Gasteiger partial charge is 0.377 e. The van der Waals surface area contributed by atoms with Crippen LogP contribution in [0.4, 0.5) is 0 Å². The van der Waals surface area contributed by atoms with Crippen molar-refractivity contribution in [1.29, 1.82) is 0 Å². The minimum absolute atomic E-state index is 0.0400. The van der Waals surface area contributed by atoms with Gasteiger partial charge in [-0.05, 0) is 44.4 Å². The number of benzene rings is 1. The highest BCUT2D eigenvalue weighted by Crippen LogP contribution is 2.37. The van der Waals surface area contributed by atoms with Crippen LogP contribution in [0.1, 0.15) is 29.2 Å². The molecular formula is C15H18BrNO4. The number of Topliss-reactive ketones (excluding diaryl/α,β-unsaturated/α-hetero) is 1. The molecule has 1 aromatic carbocycles. The Morgan fingerprint density at radius 3 is 2.05 bits per heavy atom. The molecule has 1 atom stereocenters. The Labute approximate surface area is 132 Å². The molecule has 1 aromatic rings. The van der Waals surface area contributed by atoms with Crippen LogP contribution in [0, 0.1) is 20.8 Å². The standard InChI is InChI=1S/C15H18BrNO4/c1-5-21-13(19)12(18)15(16,14(17)20)11-9(3)6-8(2)7-10(11)4/h6-7H,5H2,1-4H3,(H2,17,20)/t15-/m0/s1. The van der Waals surface area contributed by atoms with E-state index in [9.17, 15) is 14.4 Å². The van der Waals surface area contributed by atoms with Gasteiger partial charge in [0.1, 0.15) is 0 Å². The van der Waals surface area contributed by atoms with Gasteiger partial charge in [0.15, 0.2) is 4.32 Å². The van der Waals surface area contributed by atoms with Crippen molar-refractivity contribution < 1.29 is 19.1 Å². The summed E-state index contributed by atoms with van der Waals surface area (Å²) in [6.07, 6.45) is 0. The molecule has 21 heavy (non-hydrogen) atoms. The van der Waals surface area contributed by atoms with Crippen molar-refractivity contribution in [3.05, 3.63) is 34.4 Å². The molecule has 6 heteroatoms. The van der Waals surface area contributed by atoms with Crippen LogP contribution in [-0.2, 0) is 23.4 Å². The predicted octanol–water partition coefficient (Wildman–Crippen LogP) is 1.82. The zero-order valence-electron chi connectivity index (χ0n) is 12.5. The van der Waals surface area contributed by atoms with E-state index in [0.29, 0.717) is 16.7 Å². The molecular weight excluding hydrogens is 338 g/mol. The van der Waals surface area contributed by atoms with Gasteiger partial charge in [0, 0.05) is 0 Å². The maximum atomic E-state index is 12.4. The second-order valence-electron chi connectivity index (χ2n) is 4.85. The summed E-state index contributed by atoms with van der Waals surface area (Å²) in [5, 5.41) is 0. The van der Waals surface area contributed by atoms with Gasteiger partial charge >= 0.3 is 5.97 Å². The van der Waals surface area contributed by atoms with Crippen LogP contribution in [0.3, 0.4) is 0 Å². The average Bonchev–Trinajstić information content (AvgIpc) is 2.36. The SMILES string of the molecule is CCOC(=O)C(=O)[C@](Br)(C(N)=O)c1c(C)cc(C)cc1C. The Morgan fingerprint density at radius 1 is 1.19 bits per heavy atom. The second kappa shape index (κ2) is 6.39. The quantitative estimate of drug-likeness (QED) is 0.377. The number of hydrogen-bond donors (Lipinski definition) is 1. The fraction of sp³-hybridized carbons (Fsp3) is 0.400. The summed E-state index contributed by atoms with van der Waals surface area (Å²) in [5.74, 6) is -3.06. The first-order valence-electron chi connectivity index (χ1n) is 6.44. The first kappa shape index (κ1) is 17.4.